The molecular weight excluding hydrogens is 325 g/mol. The Bertz CT molecular complexity index is 759. The molecule has 0 aliphatic carbocycles. The fraction of sp³-hybridized carbons (Fsp3) is 0.353. The standard InChI is InChI=1S/C17H22FN5O2/c1-4-7-20-16(24)11(2)21-17(25)22-13-5-6-15(14(18)10-13)23-9-8-19-12(23)3/h5-6,8-11H,4,7H2,1-3H3,(H,20,24)(H2,21,22,25)/t11-/m0/s1. The van der Waals surface area contributed by atoms with Crippen LogP contribution in [0.1, 0.15) is 26.1 Å². The Morgan fingerprint density at radius 2 is 2.12 bits per heavy atom. The number of rotatable bonds is 6. The predicted octanol–water partition coefficient (Wildman–Crippen LogP) is 2.36. The van der Waals surface area contributed by atoms with E-state index in [0.29, 0.717) is 18.1 Å². The number of nitrogens with zero attached hydrogens (tertiary/aromatic N) is 2. The molecule has 7 nitrogen and oxygen atoms in total. The zero-order chi connectivity index (χ0) is 18.4. The van der Waals surface area contributed by atoms with Crippen molar-refractivity contribution in [3.63, 3.8) is 0 Å². The molecule has 1 atom stereocenters. The molecule has 0 saturated heterocycles. The first-order chi connectivity index (χ1) is 11.9. The average Bonchev–Trinajstić information content (AvgIpc) is 2.98. The number of nitrogens with one attached hydrogen (secondary N) is 3. The van der Waals surface area contributed by atoms with E-state index in [9.17, 15) is 14.0 Å². The topological polar surface area (TPSA) is 88.0 Å². The summed E-state index contributed by atoms with van der Waals surface area (Å²) in [4.78, 5) is 27.7. The largest absolute Gasteiger partial charge is 0.354 e. The monoisotopic (exact) mass is 347 g/mol. The quantitative estimate of drug-likeness (QED) is 0.749. The summed E-state index contributed by atoms with van der Waals surface area (Å²) in [6.45, 7) is 5.83. The fourth-order valence-electron chi connectivity index (χ4n) is 2.24. The lowest BCUT2D eigenvalue weighted by Crippen LogP contribution is -2.46. The molecule has 0 unspecified atom stereocenters. The van der Waals surface area contributed by atoms with E-state index in [4.69, 9.17) is 0 Å². The van der Waals surface area contributed by atoms with Crippen molar-refractivity contribution in [2.75, 3.05) is 11.9 Å². The van der Waals surface area contributed by atoms with Gasteiger partial charge in [-0.25, -0.2) is 14.2 Å². The van der Waals surface area contributed by atoms with Crippen molar-refractivity contribution in [2.24, 2.45) is 0 Å². The summed E-state index contributed by atoms with van der Waals surface area (Å²) in [6.07, 6.45) is 4.05. The molecule has 0 bridgehead atoms. The van der Waals surface area contributed by atoms with Crippen LogP contribution in [0.4, 0.5) is 14.9 Å². The minimum Gasteiger partial charge on any atom is -0.354 e. The van der Waals surface area contributed by atoms with Crippen LogP contribution in [0, 0.1) is 12.7 Å². The van der Waals surface area contributed by atoms with Crippen molar-refractivity contribution in [3.05, 3.63) is 42.2 Å². The molecule has 0 aliphatic rings. The van der Waals surface area contributed by atoms with E-state index in [-0.39, 0.29) is 11.6 Å². The van der Waals surface area contributed by atoms with Gasteiger partial charge in [-0.05, 0) is 38.5 Å². The number of hydrogen-bond acceptors (Lipinski definition) is 3. The van der Waals surface area contributed by atoms with E-state index < -0.39 is 17.9 Å². The molecule has 2 rings (SSSR count). The van der Waals surface area contributed by atoms with Crippen LogP contribution in [0.5, 0.6) is 0 Å². The number of carbonyl (C=O) groups is 2. The zero-order valence-corrected chi connectivity index (χ0v) is 14.5. The Balaban J connectivity index is 1.99. The number of urea groups is 1. The molecule has 3 amide bonds. The highest BCUT2D eigenvalue weighted by atomic mass is 19.1. The Kier molecular flexibility index (Phi) is 6.10. The molecule has 1 aromatic carbocycles. The predicted molar refractivity (Wildman–Crippen MR) is 93.2 cm³/mol. The molecule has 0 saturated carbocycles. The van der Waals surface area contributed by atoms with Gasteiger partial charge in [-0.15, -0.1) is 0 Å². The van der Waals surface area contributed by atoms with E-state index >= 15 is 0 Å². The van der Waals surface area contributed by atoms with Crippen molar-refractivity contribution in [1.82, 2.24) is 20.2 Å². The lowest BCUT2D eigenvalue weighted by Gasteiger charge is -2.15. The number of imidazole rings is 1. The highest BCUT2D eigenvalue weighted by Crippen LogP contribution is 2.19. The maximum atomic E-state index is 14.3. The maximum Gasteiger partial charge on any atom is 0.319 e. The van der Waals surface area contributed by atoms with E-state index in [1.165, 1.54) is 6.07 Å². The average molecular weight is 347 g/mol. The van der Waals surface area contributed by atoms with Gasteiger partial charge >= 0.3 is 6.03 Å². The minimum absolute atomic E-state index is 0.269. The first kappa shape index (κ1) is 18.4. The number of carbonyl (C=O) groups excluding carboxylic acids is 2. The molecule has 0 radical (unpaired) electrons. The summed E-state index contributed by atoms with van der Waals surface area (Å²) in [5.41, 5.74) is 0.631. The van der Waals surface area contributed by atoms with Gasteiger partial charge in [0, 0.05) is 24.6 Å². The van der Waals surface area contributed by atoms with E-state index in [1.54, 1.807) is 42.9 Å². The van der Waals surface area contributed by atoms with Crippen LogP contribution in [0.3, 0.4) is 0 Å². The van der Waals surface area contributed by atoms with Crippen LogP contribution < -0.4 is 16.0 Å². The molecule has 0 fully saturated rings. The molecule has 3 N–H and O–H groups in total. The third-order valence-electron chi connectivity index (χ3n) is 3.58. The van der Waals surface area contributed by atoms with Crippen molar-refractivity contribution in [1.29, 1.82) is 0 Å². The number of hydrogen-bond donors (Lipinski definition) is 3. The van der Waals surface area contributed by atoms with Crippen LogP contribution in [-0.4, -0.2) is 34.1 Å². The summed E-state index contributed by atoms with van der Waals surface area (Å²) in [7, 11) is 0. The number of benzene rings is 1. The van der Waals surface area contributed by atoms with E-state index in [2.05, 4.69) is 20.9 Å². The van der Waals surface area contributed by atoms with Crippen LogP contribution in [0.25, 0.3) is 5.69 Å². The molecule has 0 spiro atoms. The smallest absolute Gasteiger partial charge is 0.319 e. The van der Waals surface area contributed by atoms with Crippen LogP contribution >= 0.6 is 0 Å². The third-order valence-corrected chi connectivity index (χ3v) is 3.58. The van der Waals surface area contributed by atoms with Gasteiger partial charge in [-0.2, -0.15) is 0 Å². The van der Waals surface area contributed by atoms with Gasteiger partial charge in [0.1, 0.15) is 17.7 Å². The second-order valence-corrected chi connectivity index (χ2v) is 5.62. The van der Waals surface area contributed by atoms with Crippen LogP contribution in [0.15, 0.2) is 30.6 Å². The summed E-state index contributed by atoms with van der Waals surface area (Å²) in [6, 6.07) is 3.08. The molecule has 2 aromatic rings. The summed E-state index contributed by atoms with van der Waals surface area (Å²) < 4.78 is 15.9. The van der Waals surface area contributed by atoms with E-state index in [0.717, 1.165) is 6.42 Å². The zero-order valence-electron chi connectivity index (χ0n) is 14.5. The van der Waals surface area contributed by atoms with Crippen molar-refractivity contribution >= 4 is 17.6 Å². The van der Waals surface area contributed by atoms with Gasteiger partial charge in [-0.1, -0.05) is 6.92 Å². The number of anilines is 1. The summed E-state index contributed by atoms with van der Waals surface area (Å²) in [5, 5.41) is 7.71. The van der Waals surface area contributed by atoms with Gasteiger partial charge in [0.25, 0.3) is 0 Å². The highest BCUT2D eigenvalue weighted by molar-refractivity contribution is 5.93. The fourth-order valence-corrected chi connectivity index (χ4v) is 2.24. The molecule has 1 aromatic heterocycles. The van der Waals surface area contributed by atoms with Gasteiger partial charge in [0.05, 0.1) is 5.69 Å². The second kappa shape index (κ2) is 8.27. The van der Waals surface area contributed by atoms with Crippen molar-refractivity contribution in [2.45, 2.75) is 33.2 Å². The van der Waals surface area contributed by atoms with Crippen molar-refractivity contribution in [3.8, 4) is 5.69 Å². The van der Waals surface area contributed by atoms with Gasteiger partial charge < -0.3 is 20.5 Å². The third kappa shape index (κ3) is 4.79. The van der Waals surface area contributed by atoms with Crippen LogP contribution in [0.2, 0.25) is 0 Å². The summed E-state index contributed by atoms with van der Waals surface area (Å²) >= 11 is 0. The van der Waals surface area contributed by atoms with Crippen LogP contribution in [-0.2, 0) is 4.79 Å². The molecule has 25 heavy (non-hydrogen) atoms. The molecular formula is C17H22FN5O2. The van der Waals surface area contributed by atoms with Gasteiger partial charge in [-0.3, -0.25) is 4.79 Å². The van der Waals surface area contributed by atoms with Gasteiger partial charge in [0.15, 0.2) is 0 Å². The lowest BCUT2D eigenvalue weighted by atomic mass is 10.2. The molecule has 1 heterocycles. The highest BCUT2D eigenvalue weighted by Gasteiger charge is 2.15. The molecule has 0 aliphatic heterocycles. The maximum absolute atomic E-state index is 14.3. The first-order valence-corrected chi connectivity index (χ1v) is 8.07. The molecule has 134 valence electrons. The number of aryl methyl sites for hydroxylation is 1. The van der Waals surface area contributed by atoms with Crippen molar-refractivity contribution < 1.29 is 14.0 Å². The van der Waals surface area contributed by atoms with E-state index in [1.807, 2.05) is 6.92 Å². The Hall–Kier alpha value is -2.90. The number of halogens is 1. The first-order valence-electron chi connectivity index (χ1n) is 8.07. The normalized spacial score (nSPS) is 11.7. The summed E-state index contributed by atoms with van der Waals surface area (Å²) in [5.74, 6) is -0.106. The van der Waals surface area contributed by atoms with Gasteiger partial charge in [0.2, 0.25) is 5.91 Å². The number of amides is 3. The minimum atomic E-state index is -0.690. The Morgan fingerprint density at radius 3 is 2.72 bits per heavy atom. The second-order valence-electron chi connectivity index (χ2n) is 5.62. The molecule has 8 heteroatoms. The Labute approximate surface area is 145 Å². The Morgan fingerprint density at radius 1 is 1.36 bits per heavy atom. The SMILES string of the molecule is CCCNC(=O)[C@H](C)NC(=O)Nc1ccc(-n2ccnc2C)c(F)c1. The number of aromatic nitrogens is 2. The lowest BCUT2D eigenvalue weighted by molar-refractivity contribution is -0.122.